The number of carbonyl (C=O) groups is 2. The van der Waals surface area contributed by atoms with E-state index in [1.165, 1.54) is 0 Å². The van der Waals surface area contributed by atoms with E-state index in [9.17, 15) is 9.59 Å². The summed E-state index contributed by atoms with van der Waals surface area (Å²) < 4.78 is 7.05. The van der Waals surface area contributed by atoms with Crippen molar-refractivity contribution in [1.29, 1.82) is 0 Å². The van der Waals surface area contributed by atoms with Gasteiger partial charge in [0.2, 0.25) is 17.7 Å². The van der Waals surface area contributed by atoms with Gasteiger partial charge < -0.3 is 15.4 Å². The smallest absolute Gasteiger partial charge is 0.243 e. The number of hydrogen-bond acceptors (Lipinski definition) is 5. The van der Waals surface area contributed by atoms with Gasteiger partial charge in [-0.2, -0.15) is 0 Å². The Morgan fingerprint density at radius 2 is 1.87 bits per heavy atom. The number of methoxy groups -OCH3 is 1. The number of halogens is 1. The number of aryl methyl sites for hydroxylation is 3. The fraction of sp³-hybridized carbons (Fsp3) is 0.333. The Morgan fingerprint density at radius 1 is 1.17 bits per heavy atom. The van der Waals surface area contributed by atoms with Crippen molar-refractivity contribution in [1.82, 2.24) is 20.1 Å². The first-order valence-electron chi connectivity index (χ1n) is 9.49. The zero-order chi connectivity index (χ0) is 21.8. The Balaban J connectivity index is 1.59. The molecule has 8 nitrogen and oxygen atoms in total. The summed E-state index contributed by atoms with van der Waals surface area (Å²) >= 11 is 5.82. The Morgan fingerprint density at radius 3 is 2.53 bits per heavy atom. The fourth-order valence-electron chi connectivity index (χ4n) is 3.35. The number of fused-ring (bicyclic) bond motifs is 1. The number of anilines is 1. The number of ether oxygens (including phenoxy) is 1. The number of carbonyl (C=O) groups excluding carboxylic acids is 2. The molecule has 9 heteroatoms. The molecular weight excluding hydrogens is 406 g/mol. The molecule has 2 amide bonds. The van der Waals surface area contributed by atoms with Crippen LogP contribution in [0.2, 0.25) is 5.02 Å². The van der Waals surface area contributed by atoms with Crippen LogP contribution in [0.4, 0.5) is 5.69 Å². The minimum atomic E-state index is -0.304. The highest BCUT2D eigenvalue weighted by Gasteiger charge is 2.18. The van der Waals surface area contributed by atoms with E-state index < -0.39 is 0 Å². The molecule has 0 atom stereocenters. The van der Waals surface area contributed by atoms with Crippen LogP contribution in [-0.2, 0) is 23.1 Å². The Kier molecular flexibility index (Phi) is 6.56. The lowest BCUT2D eigenvalue weighted by Gasteiger charge is -2.11. The minimum absolute atomic E-state index is 0.104. The van der Waals surface area contributed by atoms with Crippen molar-refractivity contribution in [2.75, 3.05) is 19.0 Å². The first-order chi connectivity index (χ1) is 14.3. The van der Waals surface area contributed by atoms with Gasteiger partial charge in [-0.05, 0) is 55.7 Å². The lowest BCUT2D eigenvalue weighted by molar-refractivity contribution is -0.124. The van der Waals surface area contributed by atoms with E-state index in [1.807, 2.05) is 20.9 Å². The molecule has 0 radical (unpaired) electrons. The van der Waals surface area contributed by atoms with Crippen molar-refractivity contribution in [2.24, 2.45) is 7.05 Å². The van der Waals surface area contributed by atoms with Crippen molar-refractivity contribution in [3.8, 4) is 5.88 Å². The number of hydrogen-bond donors (Lipinski definition) is 2. The topological polar surface area (TPSA) is 98.1 Å². The number of pyridine rings is 1. The Bertz CT molecular complexity index is 1090. The average Bonchev–Trinajstić information content (AvgIpc) is 3.03. The molecule has 2 heterocycles. The molecule has 0 fully saturated rings. The van der Waals surface area contributed by atoms with Crippen molar-refractivity contribution in [2.45, 2.75) is 26.7 Å². The molecule has 30 heavy (non-hydrogen) atoms. The second-order valence-electron chi connectivity index (χ2n) is 6.96. The molecular formula is C21H24ClN5O3. The monoisotopic (exact) mass is 429 g/mol. The highest BCUT2D eigenvalue weighted by Crippen LogP contribution is 2.30. The molecule has 0 aliphatic carbocycles. The molecule has 0 saturated carbocycles. The van der Waals surface area contributed by atoms with E-state index in [4.69, 9.17) is 16.3 Å². The molecule has 2 N–H and O–H groups in total. The van der Waals surface area contributed by atoms with Gasteiger partial charge in [-0.1, -0.05) is 11.6 Å². The van der Waals surface area contributed by atoms with Crippen molar-refractivity contribution in [3.63, 3.8) is 0 Å². The summed E-state index contributed by atoms with van der Waals surface area (Å²) in [5, 5.41) is 11.1. The van der Waals surface area contributed by atoms with E-state index in [-0.39, 0.29) is 24.8 Å². The first kappa shape index (κ1) is 21.6. The van der Waals surface area contributed by atoms with Crippen LogP contribution in [0.5, 0.6) is 5.88 Å². The number of aromatic nitrogens is 3. The third-order valence-corrected chi connectivity index (χ3v) is 5.14. The fourth-order valence-corrected chi connectivity index (χ4v) is 3.48. The van der Waals surface area contributed by atoms with Gasteiger partial charge in [0.25, 0.3) is 0 Å². The predicted octanol–water partition coefficient (Wildman–Crippen LogP) is 2.93. The van der Waals surface area contributed by atoms with Crippen LogP contribution >= 0.6 is 11.6 Å². The van der Waals surface area contributed by atoms with E-state index >= 15 is 0 Å². The Hall–Kier alpha value is -3.13. The van der Waals surface area contributed by atoms with Gasteiger partial charge in [0.15, 0.2) is 5.65 Å². The average molecular weight is 430 g/mol. The molecule has 0 aliphatic rings. The predicted molar refractivity (Wildman–Crippen MR) is 116 cm³/mol. The van der Waals surface area contributed by atoms with Gasteiger partial charge in [-0.25, -0.2) is 9.67 Å². The van der Waals surface area contributed by atoms with Crippen LogP contribution in [0.3, 0.4) is 0 Å². The number of rotatable bonds is 7. The maximum Gasteiger partial charge on any atom is 0.243 e. The molecule has 3 aromatic rings. The summed E-state index contributed by atoms with van der Waals surface area (Å²) in [4.78, 5) is 28.9. The van der Waals surface area contributed by atoms with Crippen molar-refractivity contribution < 1.29 is 14.3 Å². The summed E-state index contributed by atoms with van der Waals surface area (Å²) in [5.74, 6) is 0.00147. The van der Waals surface area contributed by atoms with E-state index in [0.717, 1.165) is 27.9 Å². The normalized spacial score (nSPS) is 10.8. The third-order valence-electron chi connectivity index (χ3n) is 4.89. The highest BCUT2D eigenvalue weighted by atomic mass is 35.5. The van der Waals surface area contributed by atoms with Gasteiger partial charge in [0.1, 0.15) is 0 Å². The van der Waals surface area contributed by atoms with E-state index in [1.54, 1.807) is 36.1 Å². The number of benzene rings is 1. The van der Waals surface area contributed by atoms with Gasteiger partial charge in [-0.3, -0.25) is 9.59 Å². The number of nitrogens with zero attached hydrogens (tertiary/aromatic N) is 3. The van der Waals surface area contributed by atoms with Gasteiger partial charge in [0.05, 0.1) is 19.0 Å². The molecule has 0 bridgehead atoms. The van der Waals surface area contributed by atoms with Gasteiger partial charge in [0, 0.05) is 29.9 Å². The van der Waals surface area contributed by atoms with Crippen molar-refractivity contribution in [3.05, 3.63) is 46.1 Å². The Labute approximate surface area is 179 Å². The summed E-state index contributed by atoms with van der Waals surface area (Å²) in [7, 11) is 3.39. The second kappa shape index (κ2) is 9.13. The highest BCUT2D eigenvalue weighted by molar-refractivity contribution is 6.30. The van der Waals surface area contributed by atoms with Crippen LogP contribution in [0.15, 0.2) is 24.3 Å². The molecule has 0 spiro atoms. The minimum Gasteiger partial charge on any atom is -0.479 e. The molecule has 3 rings (SSSR count). The van der Waals surface area contributed by atoms with Crippen LogP contribution in [0.25, 0.3) is 11.0 Å². The SMILES string of the molecule is COc1nn(C)c2nc(C)c(CCC(=O)NCC(=O)Nc3ccc(Cl)cc3)c(C)c12. The first-order valence-corrected chi connectivity index (χ1v) is 9.86. The molecule has 2 aromatic heterocycles. The zero-order valence-corrected chi connectivity index (χ0v) is 18.1. The number of amides is 2. The molecule has 158 valence electrons. The maximum atomic E-state index is 12.3. The maximum absolute atomic E-state index is 12.3. The lowest BCUT2D eigenvalue weighted by Crippen LogP contribution is -2.33. The third kappa shape index (κ3) is 4.71. The lowest BCUT2D eigenvalue weighted by atomic mass is 10.00. The summed E-state index contributed by atoms with van der Waals surface area (Å²) in [6.45, 7) is 3.79. The van der Waals surface area contributed by atoms with Crippen LogP contribution in [0.1, 0.15) is 23.2 Å². The van der Waals surface area contributed by atoms with E-state index in [2.05, 4.69) is 20.7 Å². The quantitative estimate of drug-likeness (QED) is 0.601. The summed E-state index contributed by atoms with van der Waals surface area (Å²) in [6, 6.07) is 6.76. The van der Waals surface area contributed by atoms with Gasteiger partial charge in [-0.15, -0.1) is 5.10 Å². The second-order valence-corrected chi connectivity index (χ2v) is 7.40. The molecule has 0 saturated heterocycles. The zero-order valence-electron chi connectivity index (χ0n) is 17.4. The summed E-state index contributed by atoms with van der Waals surface area (Å²) in [5.41, 5.74) is 4.19. The molecule has 0 unspecified atom stereocenters. The van der Waals surface area contributed by atoms with Gasteiger partial charge >= 0.3 is 0 Å². The van der Waals surface area contributed by atoms with E-state index in [0.29, 0.717) is 23.0 Å². The van der Waals surface area contributed by atoms with Crippen LogP contribution in [-0.4, -0.2) is 40.2 Å². The summed E-state index contributed by atoms with van der Waals surface area (Å²) in [6.07, 6.45) is 0.745. The van der Waals surface area contributed by atoms with Crippen LogP contribution < -0.4 is 15.4 Å². The number of nitrogens with one attached hydrogen (secondary N) is 2. The standard InChI is InChI=1S/C21H24ClN5O3/c1-12-16(13(2)24-20-19(12)21(30-4)26-27(20)3)9-10-17(28)23-11-18(29)25-15-7-5-14(22)6-8-15/h5-8H,9-11H2,1-4H3,(H,23,28)(H,25,29). The molecule has 1 aromatic carbocycles. The molecule has 0 aliphatic heterocycles. The van der Waals surface area contributed by atoms with Crippen LogP contribution in [0, 0.1) is 13.8 Å². The largest absolute Gasteiger partial charge is 0.479 e. The van der Waals surface area contributed by atoms with Crippen molar-refractivity contribution >= 4 is 40.1 Å².